The summed E-state index contributed by atoms with van der Waals surface area (Å²) in [4.78, 5) is -0.382. The van der Waals surface area contributed by atoms with E-state index < -0.39 is 33.4 Å². The predicted molar refractivity (Wildman–Crippen MR) is 72.6 cm³/mol. The third-order valence-corrected chi connectivity index (χ3v) is 5.69. The minimum atomic E-state index is -3.92. The molecule has 106 valence electrons. The molecular formula is C12H15BrFNO3S. The summed E-state index contributed by atoms with van der Waals surface area (Å²) in [6.07, 6.45) is -0.209. The van der Waals surface area contributed by atoms with Gasteiger partial charge in [-0.2, -0.15) is 0 Å². The van der Waals surface area contributed by atoms with Crippen molar-refractivity contribution in [1.82, 2.24) is 4.72 Å². The molecular weight excluding hydrogens is 337 g/mol. The number of rotatable bonds is 3. The van der Waals surface area contributed by atoms with Crippen LogP contribution in [0.4, 0.5) is 4.39 Å². The molecule has 0 saturated heterocycles. The summed E-state index contributed by atoms with van der Waals surface area (Å²) < 4.78 is 40.8. The molecule has 0 heterocycles. The zero-order valence-electron chi connectivity index (χ0n) is 10.5. The van der Waals surface area contributed by atoms with E-state index >= 15 is 0 Å². The number of nitrogens with one attached hydrogen (secondary N) is 1. The van der Waals surface area contributed by atoms with Crippen LogP contribution in [0.5, 0.6) is 0 Å². The second-order valence-electron chi connectivity index (χ2n) is 5.32. The van der Waals surface area contributed by atoms with Gasteiger partial charge in [0.05, 0.1) is 6.10 Å². The highest BCUT2D eigenvalue weighted by molar-refractivity contribution is 9.10. The van der Waals surface area contributed by atoms with Crippen molar-refractivity contribution in [2.75, 3.05) is 0 Å². The Kier molecular flexibility index (Phi) is 3.77. The van der Waals surface area contributed by atoms with Crippen molar-refractivity contribution in [3.05, 3.63) is 28.5 Å². The molecule has 0 aromatic heterocycles. The van der Waals surface area contributed by atoms with E-state index in [-0.39, 0.29) is 4.90 Å². The Labute approximate surface area is 120 Å². The lowest BCUT2D eigenvalue weighted by Crippen LogP contribution is -2.61. The third-order valence-electron chi connectivity index (χ3n) is 3.70. The first kappa shape index (κ1) is 14.9. The minimum Gasteiger partial charge on any atom is -0.392 e. The molecule has 2 N–H and O–H groups in total. The Morgan fingerprint density at radius 3 is 2.58 bits per heavy atom. The SMILES string of the molecule is CC1(C)C(O)CC1NS(=O)(=O)c1ccc(Br)cc1F. The summed E-state index contributed by atoms with van der Waals surface area (Å²) in [5.41, 5.74) is -0.543. The number of hydrogen-bond acceptors (Lipinski definition) is 3. The lowest BCUT2D eigenvalue weighted by Gasteiger charge is -2.49. The van der Waals surface area contributed by atoms with E-state index in [4.69, 9.17) is 0 Å². The van der Waals surface area contributed by atoms with Gasteiger partial charge in [0.2, 0.25) is 10.0 Å². The van der Waals surface area contributed by atoms with Crippen LogP contribution in [0.25, 0.3) is 0 Å². The van der Waals surface area contributed by atoms with Crippen LogP contribution in [0.2, 0.25) is 0 Å². The first-order valence-corrected chi connectivity index (χ1v) is 8.07. The maximum atomic E-state index is 13.7. The molecule has 0 spiro atoms. The second-order valence-corrected chi connectivity index (χ2v) is 7.92. The number of sulfonamides is 1. The lowest BCUT2D eigenvalue weighted by molar-refractivity contribution is -0.0645. The molecule has 4 nitrogen and oxygen atoms in total. The number of aliphatic hydroxyl groups is 1. The zero-order valence-corrected chi connectivity index (χ0v) is 12.9. The zero-order chi connectivity index (χ0) is 14.4. The third kappa shape index (κ3) is 2.69. The van der Waals surface area contributed by atoms with Gasteiger partial charge in [0, 0.05) is 15.9 Å². The van der Waals surface area contributed by atoms with Gasteiger partial charge in [-0.3, -0.25) is 0 Å². The number of aliphatic hydroxyl groups excluding tert-OH is 1. The van der Waals surface area contributed by atoms with E-state index in [2.05, 4.69) is 20.7 Å². The van der Waals surface area contributed by atoms with Crippen molar-refractivity contribution >= 4 is 26.0 Å². The van der Waals surface area contributed by atoms with Gasteiger partial charge in [0.15, 0.2) is 0 Å². The van der Waals surface area contributed by atoms with Crippen molar-refractivity contribution in [2.24, 2.45) is 5.41 Å². The van der Waals surface area contributed by atoms with Gasteiger partial charge in [-0.15, -0.1) is 0 Å². The monoisotopic (exact) mass is 351 g/mol. The molecule has 1 aliphatic rings. The molecule has 1 aromatic carbocycles. The van der Waals surface area contributed by atoms with Crippen LogP contribution in [0, 0.1) is 11.2 Å². The number of halogens is 2. The molecule has 19 heavy (non-hydrogen) atoms. The molecule has 2 atom stereocenters. The second kappa shape index (κ2) is 4.80. The van der Waals surface area contributed by atoms with Crippen molar-refractivity contribution in [2.45, 2.75) is 37.3 Å². The predicted octanol–water partition coefficient (Wildman–Crippen LogP) is 2.03. The summed E-state index contributed by atoms with van der Waals surface area (Å²) in [6, 6.07) is 3.40. The van der Waals surface area contributed by atoms with Gasteiger partial charge in [-0.05, 0) is 24.6 Å². The topological polar surface area (TPSA) is 66.4 Å². The van der Waals surface area contributed by atoms with Crippen molar-refractivity contribution < 1.29 is 17.9 Å². The largest absolute Gasteiger partial charge is 0.392 e. The van der Waals surface area contributed by atoms with E-state index in [9.17, 15) is 17.9 Å². The minimum absolute atomic E-state index is 0.338. The van der Waals surface area contributed by atoms with Crippen LogP contribution >= 0.6 is 15.9 Å². The highest BCUT2D eigenvalue weighted by Gasteiger charge is 2.49. The molecule has 2 unspecified atom stereocenters. The fourth-order valence-corrected chi connectivity index (χ4v) is 3.84. The summed E-state index contributed by atoms with van der Waals surface area (Å²) in [7, 11) is -3.92. The maximum Gasteiger partial charge on any atom is 0.243 e. The van der Waals surface area contributed by atoms with Crippen LogP contribution in [0.15, 0.2) is 27.6 Å². The molecule has 0 amide bonds. The molecule has 7 heteroatoms. The van der Waals surface area contributed by atoms with E-state index in [0.29, 0.717) is 10.9 Å². The van der Waals surface area contributed by atoms with Crippen molar-refractivity contribution in [3.63, 3.8) is 0 Å². The molecule has 0 radical (unpaired) electrons. The van der Waals surface area contributed by atoms with E-state index in [1.165, 1.54) is 12.1 Å². The van der Waals surface area contributed by atoms with Crippen LogP contribution in [-0.2, 0) is 10.0 Å². The van der Waals surface area contributed by atoms with Crippen LogP contribution in [0.1, 0.15) is 20.3 Å². The summed E-state index contributed by atoms with van der Waals surface area (Å²) in [5.74, 6) is -0.806. The van der Waals surface area contributed by atoms with Gasteiger partial charge in [-0.1, -0.05) is 29.8 Å². The summed E-state index contributed by atoms with van der Waals surface area (Å²) in [6.45, 7) is 3.54. The van der Waals surface area contributed by atoms with Gasteiger partial charge in [0.25, 0.3) is 0 Å². The Morgan fingerprint density at radius 1 is 1.47 bits per heavy atom. The Hall–Kier alpha value is -0.500. The first-order valence-electron chi connectivity index (χ1n) is 5.80. The standard InChI is InChI=1S/C12H15BrFNO3S/c1-12(2)10(6-11(12)16)15-19(17,18)9-4-3-7(13)5-8(9)14/h3-5,10-11,15-16H,6H2,1-2H3. The summed E-state index contributed by atoms with van der Waals surface area (Å²) >= 11 is 3.08. The fraction of sp³-hybridized carbons (Fsp3) is 0.500. The summed E-state index contributed by atoms with van der Waals surface area (Å²) in [5, 5.41) is 9.59. The Balaban J connectivity index is 2.25. The fourth-order valence-electron chi connectivity index (χ4n) is 2.05. The van der Waals surface area contributed by atoms with E-state index in [1.807, 2.05) is 0 Å². The Morgan fingerprint density at radius 2 is 2.11 bits per heavy atom. The van der Waals surface area contributed by atoms with E-state index in [0.717, 1.165) is 6.07 Å². The number of hydrogen-bond donors (Lipinski definition) is 2. The molecule has 1 saturated carbocycles. The average molecular weight is 352 g/mol. The molecule has 1 aliphatic carbocycles. The molecule has 0 aliphatic heterocycles. The van der Waals surface area contributed by atoms with Crippen molar-refractivity contribution in [1.29, 1.82) is 0 Å². The molecule has 0 bridgehead atoms. The van der Waals surface area contributed by atoms with Gasteiger partial charge >= 0.3 is 0 Å². The number of benzene rings is 1. The normalized spacial score (nSPS) is 25.9. The van der Waals surface area contributed by atoms with E-state index in [1.54, 1.807) is 13.8 Å². The Bertz CT molecular complexity index is 603. The lowest BCUT2D eigenvalue weighted by atomic mass is 9.65. The quantitative estimate of drug-likeness (QED) is 0.875. The van der Waals surface area contributed by atoms with Crippen LogP contribution < -0.4 is 4.72 Å². The first-order chi connectivity index (χ1) is 8.64. The smallest absolute Gasteiger partial charge is 0.243 e. The highest BCUT2D eigenvalue weighted by Crippen LogP contribution is 2.41. The van der Waals surface area contributed by atoms with Crippen molar-refractivity contribution in [3.8, 4) is 0 Å². The molecule has 2 rings (SSSR count). The average Bonchev–Trinajstić information content (AvgIpc) is 2.27. The maximum absolute atomic E-state index is 13.7. The van der Waals surface area contributed by atoms with Gasteiger partial charge < -0.3 is 5.11 Å². The molecule has 1 aromatic rings. The van der Waals surface area contributed by atoms with Crippen LogP contribution in [-0.4, -0.2) is 25.7 Å². The van der Waals surface area contributed by atoms with Gasteiger partial charge in [-0.25, -0.2) is 17.5 Å². The van der Waals surface area contributed by atoms with Crippen LogP contribution in [0.3, 0.4) is 0 Å². The molecule has 1 fully saturated rings. The highest BCUT2D eigenvalue weighted by atomic mass is 79.9. The van der Waals surface area contributed by atoms with Gasteiger partial charge in [0.1, 0.15) is 10.7 Å².